The van der Waals surface area contributed by atoms with Crippen LogP contribution in [0.5, 0.6) is 17.4 Å². The van der Waals surface area contributed by atoms with Gasteiger partial charge in [0, 0.05) is 12.5 Å². The van der Waals surface area contributed by atoms with E-state index in [1.807, 2.05) is 18.2 Å². The van der Waals surface area contributed by atoms with Crippen LogP contribution in [0.2, 0.25) is 0 Å². The highest BCUT2D eigenvalue weighted by Crippen LogP contribution is 2.29. The first-order valence-electron chi connectivity index (χ1n) is 9.32. The topological polar surface area (TPSA) is 84.2 Å². The van der Waals surface area contributed by atoms with Gasteiger partial charge in [0.2, 0.25) is 5.88 Å². The largest absolute Gasteiger partial charge is 0.493 e. The van der Waals surface area contributed by atoms with Gasteiger partial charge in [-0.2, -0.15) is 9.78 Å². The van der Waals surface area contributed by atoms with Crippen LogP contribution >= 0.6 is 0 Å². The van der Waals surface area contributed by atoms with E-state index in [2.05, 4.69) is 20.1 Å². The molecule has 0 saturated heterocycles. The molecule has 1 aliphatic rings. The molecule has 1 fully saturated rings. The summed E-state index contributed by atoms with van der Waals surface area (Å²) in [5.74, 6) is 3.97. The molecule has 0 spiro atoms. The van der Waals surface area contributed by atoms with Gasteiger partial charge in [-0.15, -0.1) is 0 Å². The monoisotopic (exact) mass is 381 g/mol. The number of rotatable bonds is 8. The Balaban J connectivity index is 1.52. The Morgan fingerprint density at radius 1 is 1.00 bits per heavy atom. The second kappa shape index (κ2) is 8.24. The van der Waals surface area contributed by atoms with Gasteiger partial charge in [-0.3, -0.25) is 0 Å². The van der Waals surface area contributed by atoms with Crippen molar-refractivity contribution in [3.8, 4) is 23.2 Å². The lowest BCUT2D eigenvalue weighted by atomic mass is 9.86. The van der Waals surface area contributed by atoms with Crippen molar-refractivity contribution >= 4 is 0 Å². The number of aromatic nitrogens is 5. The summed E-state index contributed by atoms with van der Waals surface area (Å²) in [6.07, 6.45) is 7.34. The van der Waals surface area contributed by atoms with Gasteiger partial charge in [0.25, 0.3) is 0 Å². The fourth-order valence-electron chi connectivity index (χ4n) is 3.14. The maximum Gasteiger partial charge on any atom is 0.218 e. The van der Waals surface area contributed by atoms with E-state index >= 15 is 0 Å². The zero-order valence-corrected chi connectivity index (χ0v) is 16.0. The molecule has 0 N–H and O–H groups in total. The van der Waals surface area contributed by atoms with Gasteiger partial charge >= 0.3 is 0 Å². The lowest BCUT2D eigenvalue weighted by Gasteiger charge is -2.24. The summed E-state index contributed by atoms with van der Waals surface area (Å²) in [6.45, 7) is 0.701. The average Bonchev–Trinajstić information content (AvgIpc) is 3.15. The number of ether oxygens (including phenoxy) is 3. The van der Waals surface area contributed by atoms with Crippen molar-refractivity contribution in [1.82, 2.24) is 24.7 Å². The van der Waals surface area contributed by atoms with Gasteiger partial charge in [-0.05, 0) is 36.5 Å². The van der Waals surface area contributed by atoms with Crippen molar-refractivity contribution in [1.29, 1.82) is 0 Å². The Labute approximate surface area is 163 Å². The summed E-state index contributed by atoms with van der Waals surface area (Å²) in [5, 5.41) is 4.33. The molecule has 28 heavy (non-hydrogen) atoms. The number of benzene rings is 1. The predicted octanol–water partition coefficient (Wildman–Crippen LogP) is 2.84. The summed E-state index contributed by atoms with van der Waals surface area (Å²) >= 11 is 0. The van der Waals surface area contributed by atoms with Crippen LogP contribution in [0.1, 0.15) is 30.7 Å². The molecule has 146 valence electrons. The van der Waals surface area contributed by atoms with E-state index in [0.29, 0.717) is 42.1 Å². The number of methoxy groups -OCH3 is 2. The van der Waals surface area contributed by atoms with Gasteiger partial charge in [-0.25, -0.2) is 15.0 Å². The molecule has 1 aliphatic carbocycles. The first-order valence-corrected chi connectivity index (χ1v) is 9.32. The highest BCUT2D eigenvalue weighted by molar-refractivity contribution is 5.43. The Morgan fingerprint density at radius 2 is 1.86 bits per heavy atom. The van der Waals surface area contributed by atoms with Crippen molar-refractivity contribution in [3.63, 3.8) is 0 Å². The van der Waals surface area contributed by atoms with Crippen LogP contribution in [0.25, 0.3) is 5.82 Å². The first kappa shape index (κ1) is 18.2. The third-order valence-electron chi connectivity index (χ3n) is 4.96. The molecule has 0 amide bonds. The Kier molecular flexibility index (Phi) is 5.36. The van der Waals surface area contributed by atoms with Crippen LogP contribution < -0.4 is 14.2 Å². The smallest absolute Gasteiger partial charge is 0.218 e. The summed E-state index contributed by atoms with van der Waals surface area (Å²) in [7, 11) is 3.24. The summed E-state index contributed by atoms with van der Waals surface area (Å²) in [4.78, 5) is 12.9. The lowest BCUT2D eigenvalue weighted by Crippen LogP contribution is -2.19. The summed E-state index contributed by atoms with van der Waals surface area (Å²) in [6, 6.07) is 7.59. The van der Waals surface area contributed by atoms with E-state index in [4.69, 9.17) is 14.2 Å². The zero-order valence-electron chi connectivity index (χ0n) is 16.0. The van der Waals surface area contributed by atoms with Crippen LogP contribution in [-0.4, -0.2) is 45.6 Å². The quantitative estimate of drug-likeness (QED) is 0.593. The Bertz CT molecular complexity index is 939. The second-order valence-corrected chi connectivity index (χ2v) is 6.78. The molecular formula is C20H23N5O3. The minimum absolute atomic E-state index is 0.560. The molecule has 1 saturated carbocycles. The molecule has 2 aromatic heterocycles. The SMILES string of the molecule is COc1ccc(Cc2ncnn2-c2cc(OCC3CCC3)ncn2)cc1OC. The molecule has 8 nitrogen and oxygen atoms in total. The molecule has 2 heterocycles. The van der Waals surface area contributed by atoms with E-state index < -0.39 is 0 Å². The van der Waals surface area contributed by atoms with Crippen LogP contribution in [0.15, 0.2) is 36.9 Å². The molecule has 8 heteroatoms. The molecule has 3 aromatic rings. The predicted molar refractivity (Wildman–Crippen MR) is 102 cm³/mol. The van der Waals surface area contributed by atoms with Crippen LogP contribution in [0, 0.1) is 5.92 Å². The van der Waals surface area contributed by atoms with Gasteiger partial charge in [0.15, 0.2) is 17.3 Å². The summed E-state index contributed by atoms with van der Waals surface area (Å²) in [5.41, 5.74) is 1.03. The maximum atomic E-state index is 5.82. The van der Waals surface area contributed by atoms with E-state index in [1.54, 1.807) is 25.0 Å². The van der Waals surface area contributed by atoms with Gasteiger partial charge in [0.1, 0.15) is 18.5 Å². The lowest BCUT2D eigenvalue weighted by molar-refractivity contribution is 0.175. The van der Waals surface area contributed by atoms with E-state index in [0.717, 1.165) is 11.4 Å². The molecule has 0 radical (unpaired) electrons. The Hall–Kier alpha value is -3.16. The number of hydrogen-bond donors (Lipinski definition) is 0. The number of nitrogens with zero attached hydrogens (tertiary/aromatic N) is 5. The Morgan fingerprint density at radius 3 is 2.61 bits per heavy atom. The summed E-state index contributed by atoms with van der Waals surface area (Å²) < 4.78 is 18.2. The molecule has 0 aliphatic heterocycles. The fraction of sp³-hybridized carbons (Fsp3) is 0.400. The van der Waals surface area contributed by atoms with E-state index in [9.17, 15) is 0 Å². The fourth-order valence-corrected chi connectivity index (χ4v) is 3.14. The van der Waals surface area contributed by atoms with Gasteiger partial charge in [-0.1, -0.05) is 12.5 Å². The van der Waals surface area contributed by atoms with Gasteiger partial charge < -0.3 is 14.2 Å². The molecular weight excluding hydrogens is 358 g/mol. The zero-order chi connectivity index (χ0) is 19.3. The van der Waals surface area contributed by atoms with Crippen molar-refractivity contribution in [2.24, 2.45) is 5.92 Å². The molecule has 0 unspecified atom stereocenters. The van der Waals surface area contributed by atoms with Crippen molar-refractivity contribution in [3.05, 3.63) is 48.3 Å². The first-order chi connectivity index (χ1) is 13.8. The van der Waals surface area contributed by atoms with Crippen molar-refractivity contribution in [2.75, 3.05) is 20.8 Å². The molecule has 4 rings (SSSR count). The number of hydrogen-bond acceptors (Lipinski definition) is 7. The highest BCUT2D eigenvalue weighted by Gasteiger charge is 2.18. The normalized spacial score (nSPS) is 13.8. The molecule has 0 atom stereocenters. The highest BCUT2D eigenvalue weighted by atomic mass is 16.5. The minimum Gasteiger partial charge on any atom is -0.493 e. The third-order valence-corrected chi connectivity index (χ3v) is 4.96. The van der Waals surface area contributed by atoms with Crippen LogP contribution in [-0.2, 0) is 6.42 Å². The molecule has 1 aromatic carbocycles. The standard InChI is InChI=1S/C20H23N5O3/c1-26-16-7-6-15(8-17(16)27-2)9-18-22-13-24-25(18)19-10-20(23-12-21-19)28-11-14-4-3-5-14/h6-8,10,12-14H,3-5,9,11H2,1-2H3. The third kappa shape index (κ3) is 3.90. The minimum atomic E-state index is 0.560. The molecule has 0 bridgehead atoms. The average molecular weight is 381 g/mol. The second-order valence-electron chi connectivity index (χ2n) is 6.78. The van der Waals surface area contributed by atoms with Crippen molar-refractivity contribution in [2.45, 2.75) is 25.7 Å². The van der Waals surface area contributed by atoms with Gasteiger partial charge in [0.05, 0.1) is 20.8 Å². The maximum absolute atomic E-state index is 5.82. The van der Waals surface area contributed by atoms with Crippen LogP contribution in [0.3, 0.4) is 0 Å². The van der Waals surface area contributed by atoms with Crippen LogP contribution in [0.4, 0.5) is 0 Å². The van der Waals surface area contributed by atoms with Crippen molar-refractivity contribution < 1.29 is 14.2 Å². The van der Waals surface area contributed by atoms with E-state index in [1.165, 1.54) is 31.9 Å². The van der Waals surface area contributed by atoms with E-state index in [-0.39, 0.29) is 0 Å².